The van der Waals surface area contributed by atoms with Crippen LogP contribution in [0.25, 0.3) is 11.1 Å². The third-order valence-corrected chi connectivity index (χ3v) is 8.08. The van der Waals surface area contributed by atoms with Crippen LogP contribution >= 0.6 is 12.4 Å². The van der Waals surface area contributed by atoms with Crippen LogP contribution in [-0.2, 0) is 12.7 Å². The molecule has 0 radical (unpaired) electrons. The van der Waals surface area contributed by atoms with Crippen LogP contribution in [0, 0.1) is 0 Å². The van der Waals surface area contributed by atoms with Gasteiger partial charge < -0.3 is 20.2 Å². The molecule has 2 aliphatic rings. The van der Waals surface area contributed by atoms with Crippen molar-refractivity contribution in [2.45, 2.75) is 50.9 Å². The molecular weight excluding hydrogens is 567 g/mol. The Kier molecular flexibility index (Phi) is 10.2. The summed E-state index contributed by atoms with van der Waals surface area (Å²) in [7, 11) is 0. The number of rotatable bonds is 6. The number of likely N-dealkylation sites (tertiary alicyclic amines) is 2. The van der Waals surface area contributed by atoms with E-state index in [1.807, 2.05) is 4.90 Å². The molecule has 2 saturated heterocycles. The Balaban J connectivity index is 0.00000405. The molecule has 3 aromatic rings. The van der Waals surface area contributed by atoms with Crippen molar-refractivity contribution in [2.75, 3.05) is 26.2 Å². The number of aromatic hydroxyl groups is 1. The maximum absolute atomic E-state index is 13.1. The number of carbonyl (C=O) groups is 2. The number of piperidine rings is 2. The molecule has 2 heterocycles. The molecular formula is C32H35ClF3N3O3. The second-order valence-electron chi connectivity index (χ2n) is 10.8. The number of hydrogen-bond donors (Lipinski definition) is 2. The molecule has 0 aliphatic carbocycles. The quantitative estimate of drug-likeness (QED) is 0.337. The van der Waals surface area contributed by atoms with E-state index < -0.39 is 17.6 Å². The topological polar surface area (TPSA) is 72.9 Å². The fourth-order valence-electron chi connectivity index (χ4n) is 5.72. The van der Waals surface area contributed by atoms with E-state index in [0.717, 1.165) is 56.7 Å². The summed E-state index contributed by atoms with van der Waals surface area (Å²) in [5, 5.41) is 13.0. The van der Waals surface area contributed by atoms with Crippen molar-refractivity contribution in [3.8, 4) is 16.9 Å². The fraction of sp³-hybridized carbons (Fsp3) is 0.375. The van der Waals surface area contributed by atoms with Gasteiger partial charge in [0.1, 0.15) is 5.75 Å². The zero-order valence-corrected chi connectivity index (χ0v) is 24.0. The molecule has 224 valence electrons. The molecule has 2 fully saturated rings. The van der Waals surface area contributed by atoms with Crippen molar-refractivity contribution in [3.05, 3.63) is 89.0 Å². The lowest BCUT2D eigenvalue weighted by Gasteiger charge is -2.40. The molecule has 3 aromatic carbocycles. The van der Waals surface area contributed by atoms with Gasteiger partial charge in [0, 0.05) is 31.2 Å². The van der Waals surface area contributed by atoms with Gasteiger partial charge >= 0.3 is 6.18 Å². The Morgan fingerprint density at radius 1 is 0.857 bits per heavy atom. The first-order chi connectivity index (χ1) is 19.7. The van der Waals surface area contributed by atoms with Gasteiger partial charge in [-0.15, -0.1) is 12.4 Å². The Labute approximate surface area is 249 Å². The third-order valence-electron chi connectivity index (χ3n) is 8.08. The molecule has 2 aliphatic heterocycles. The summed E-state index contributed by atoms with van der Waals surface area (Å²) < 4.78 is 39.4. The standard InChI is InChI=1S/C32H34F3N3O3.ClH/c33-32(34,35)26-6-4-5-24(19-26)25-11-12-29(39)28(20-25)30(40)36-21-22-7-9-23(10-8-22)31(41)38-17-13-27(14-18-38)37-15-2-1-3-16-37;/h4-12,19-20,27,39H,1-3,13-18,21H2,(H,36,40);1H. The highest BCUT2D eigenvalue weighted by Gasteiger charge is 2.31. The highest BCUT2D eigenvalue weighted by molar-refractivity contribution is 5.98. The maximum atomic E-state index is 13.1. The van der Waals surface area contributed by atoms with Crippen LogP contribution in [0.15, 0.2) is 66.7 Å². The smallest absolute Gasteiger partial charge is 0.416 e. The van der Waals surface area contributed by atoms with Crippen molar-refractivity contribution < 1.29 is 27.9 Å². The van der Waals surface area contributed by atoms with Gasteiger partial charge in [-0.05, 0) is 91.9 Å². The van der Waals surface area contributed by atoms with Crippen LogP contribution in [0.2, 0.25) is 0 Å². The first-order valence-corrected chi connectivity index (χ1v) is 14.1. The zero-order chi connectivity index (χ0) is 29.0. The summed E-state index contributed by atoms with van der Waals surface area (Å²) in [5.74, 6) is -0.828. The van der Waals surface area contributed by atoms with Gasteiger partial charge in [0.2, 0.25) is 0 Å². The minimum Gasteiger partial charge on any atom is -0.507 e. The lowest BCUT2D eigenvalue weighted by Crippen LogP contribution is -2.48. The Bertz CT molecular complexity index is 1380. The van der Waals surface area contributed by atoms with Gasteiger partial charge in [-0.1, -0.05) is 36.8 Å². The summed E-state index contributed by atoms with van der Waals surface area (Å²) in [4.78, 5) is 30.4. The minimum absolute atomic E-state index is 0. The SMILES string of the molecule is Cl.O=C(NCc1ccc(C(=O)N2CCC(N3CCCCC3)CC2)cc1)c1cc(-c2cccc(C(F)(F)F)c2)ccc1O. The van der Waals surface area contributed by atoms with Gasteiger partial charge in [0.15, 0.2) is 0 Å². The van der Waals surface area contributed by atoms with E-state index >= 15 is 0 Å². The van der Waals surface area contributed by atoms with Crippen molar-refractivity contribution in [2.24, 2.45) is 0 Å². The van der Waals surface area contributed by atoms with E-state index in [1.54, 1.807) is 24.3 Å². The monoisotopic (exact) mass is 601 g/mol. The van der Waals surface area contributed by atoms with E-state index in [-0.39, 0.29) is 41.7 Å². The molecule has 6 nitrogen and oxygen atoms in total. The average molecular weight is 602 g/mol. The van der Waals surface area contributed by atoms with Crippen molar-refractivity contribution >= 4 is 24.2 Å². The first-order valence-electron chi connectivity index (χ1n) is 14.1. The van der Waals surface area contributed by atoms with Crippen LogP contribution in [0.4, 0.5) is 13.2 Å². The summed E-state index contributed by atoms with van der Waals surface area (Å²) in [6, 6.07) is 16.6. The molecule has 0 spiro atoms. The van der Waals surface area contributed by atoms with Gasteiger partial charge in [-0.2, -0.15) is 13.2 Å². The largest absolute Gasteiger partial charge is 0.507 e. The maximum Gasteiger partial charge on any atom is 0.416 e. The Hall–Kier alpha value is -3.56. The van der Waals surface area contributed by atoms with E-state index in [1.165, 1.54) is 49.6 Å². The third kappa shape index (κ3) is 7.44. The second-order valence-corrected chi connectivity index (χ2v) is 10.8. The molecule has 0 unspecified atom stereocenters. The van der Waals surface area contributed by atoms with Gasteiger partial charge in [-0.25, -0.2) is 0 Å². The lowest BCUT2D eigenvalue weighted by molar-refractivity contribution is -0.137. The van der Waals surface area contributed by atoms with Crippen LogP contribution in [0.1, 0.15) is 63.9 Å². The number of nitrogens with zero attached hydrogens (tertiary/aromatic N) is 2. The number of phenolic OH excluding ortho intramolecular Hbond substituents is 1. The molecule has 0 saturated carbocycles. The zero-order valence-electron chi connectivity index (χ0n) is 23.2. The van der Waals surface area contributed by atoms with E-state index in [2.05, 4.69) is 10.2 Å². The number of nitrogens with one attached hydrogen (secondary N) is 1. The Morgan fingerprint density at radius 2 is 1.52 bits per heavy atom. The number of benzene rings is 3. The normalized spacial score (nSPS) is 16.5. The van der Waals surface area contributed by atoms with Crippen LogP contribution in [0.5, 0.6) is 5.75 Å². The van der Waals surface area contributed by atoms with Crippen LogP contribution in [-0.4, -0.2) is 58.9 Å². The van der Waals surface area contributed by atoms with E-state index in [0.29, 0.717) is 17.2 Å². The number of halogens is 4. The molecule has 0 atom stereocenters. The summed E-state index contributed by atoms with van der Waals surface area (Å²) in [5.41, 5.74) is 1.19. The van der Waals surface area contributed by atoms with Gasteiger partial charge in [0.05, 0.1) is 11.1 Å². The highest BCUT2D eigenvalue weighted by atomic mass is 35.5. The molecule has 0 bridgehead atoms. The Morgan fingerprint density at radius 3 is 2.19 bits per heavy atom. The predicted molar refractivity (Wildman–Crippen MR) is 158 cm³/mol. The highest BCUT2D eigenvalue weighted by Crippen LogP contribution is 2.33. The number of amides is 2. The average Bonchev–Trinajstić information content (AvgIpc) is 3.00. The second kappa shape index (κ2) is 13.6. The van der Waals surface area contributed by atoms with E-state index in [4.69, 9.17) is 0 Å². The lowest BCUT2D eigenvalue weighted by atomic mass is 9.99. The summed E-state index contributed by atoms with van der Waals surface area (Å²) >= 11 is 0. The predicted octanol–water partition coefficient (Wildman–Crippen LogP) is 6.52. The van der Waals surface area contributed by atoms with Crippen molar-refractivity contribution in [3.63, 3.8) is 0 Å². The summed E-state index contributed by atoms with van der Waals surface area (Å²) in [6.45, 7) is 3.98. The van der Waals surface area contributed by atoms with Crippen molar-refractivity contribution in [1.82, 2.24) is 15.1 Å². The van der Waals surface area contributed by atoms with Crippen molar-refractivity contribution in [1.29, 1.82) is 0 Å². The molecule has 10 heteroatoms. The number of phenols is 1. The molecule has 2 N–H and O–H groups in total. The van der Waals surface area contributed by atoms with Crippen LogP contribution in [0.3, 0.4) is 0 Å². The molecule has 5 rings (SSSR count). The molecule has 2 amide bonds. The minimum atomic E-state index is -4.49. The number of alkyl halides is 3. The summed E-state index contributed by atoms with van der Waals surface area (Å²) in [6.07, 6.45) is 1.34. The van der Waals surface area contributed by atoms with Gasteiger partial charge in [-0.3, -0.25) is 9.59 Å². The fourth-order valence-corrected chi connectivity index (χ4v) is 5.72. The molecule has 42 heavy (non-hydrogen) atoms. The first kappa shape index (κ1) is 31.4. The molecule has 0 aromatic heterocycles. The van der Waals surface area contributed by atoms with Gasteiger partial charge in [0.25, 0.3) is 11.8 Å². The van der Waals surface area contributed by atoms with Crippen LogP contribution < -0.4 is 5.32 Å². The number of carbonyl (C=O) groups excluding carboxylic acids is 2. The number of hydrogen-bond acceptors (Lipinski definition) is 4. The van der Waals surface area contributed by atoms with E-state index in [9.17, 15) is 27.9 Å².